The minimum absolute atomic E-state index is 0.698. The van der Waals surface area contributed by atoms with Gasteiger partial charge in [0.15, 0.2) is 0 Å². The molecular formula is C13H18N4O. The van der Waals surface area contributed by atoms with Crippen LogP contribution in [0.25, 0.3) is 0 Å². The molecule has 1 N–H and O–H groups in total. The Hall–Kier alpha value is -1.88. The summed E-state index contributed by atoms with van der Waals surface area (Å²) in [5, 5.41) is 11.0. The molecule has 1 aromatic heterocycles. The van der Waals surface area contributed by atoms with Gasteiger partial charge in [0.25, 0.3) is 0 Å². The number of ether oxygens (including phenoxy) is 1. The van der Waals surface area contributed by atoms with Crippen LogP contribution in [0.2, 0.25) is 0 Å². The smallest absolute Gasteiger partial charge is 0.119 e. The normalized spacial score (nSPS) is 10.5. The van der Waals surface area contributed by atoms with Crippen LogP contribution in [0.1, 0.15) is 12.5 Å². The van der Waals surface area contributed by atoms with Gasteiger partial charge in [0.2, 0.25) is 0 Å². The Bertz CT molecular complexity index is 456. The molecule has 18 heavy (non-hydrogen) atoms. The molecule has 2 rings (SSSR count). The maximum Gasteiger partial charge on any atom is 0.119 e. The van der Waals surface area contributed by atoms with Gasteiger partial charge in [0.1, 0.15) is 5.75 Å². The summed E-state index contributed by atoms with van der Waals surface area (Å²) in [5.74, 6) is 0.924. The second-order valence-electron chi connectivity index (χ2n) is 3.92. The molecule has 0 atom stereocenters. The van der Waals surface area contributed by atoms with Crippen molar-refractivity contribution in [3.8, 4) is 5.75 Å². The summed E-state index contributed by atoms with van der Waals surface area (Å²) in [6.45, 7) is 5.20. The first kappa shape index (κ1) is 12.6. The van der Waals surface area contributed by atoms with Crippen molar-refractivity contribution < 1.29 is 4.74 Å². The van der Waals surface area contributed by atoms with Crippen LogP contribution in [-0.2, 0) is 13.1 Å². The number of nitrogens with one attached hydrogen (secondary N) is 1. The third kappa shape index (κ3) is 3.85. The SMILES string of the molecule is CCOc1cccc(CNCCn2ccnn2)c1. The van der Waals surface area contributed by atoms with Gasteiger partial charge in [-0.3, -0.25) is 4.68 Å². The van der Waals surface area contributed by atoms with Crippen LogP contribution >= 0.6 is 0 Å². The lowest BCUT2D eigenvalue weighted by molar-refractivity contribution is 0.340. The third-order valence-electron chi connectivity index (χ3n) is 2.53. The molecule has 0 fully saturated rings. The van der Waals surface area contributed by atoms with Crippen molar-refractivity contribution in [1.29, 1.82) is 0 Å². The van der Waals surface area contributed by atoms with Crippen molar-refractivity contribution in [2.24, 2.45) is 0 Å². The zero-order valence-corrected chi connectivity index (χ0v) is 10.5. The van der Waals surface area contributed by atoms with Crippen LogP contribution in [0.5, 0.6) is 5.75 Å². The minimum atomic E-state index is 0.698. The summed E-state index contributed by atoms with van der Waals surface area (Å²) in [6, 6.07) is 8.14. The van der Waals surface area contributed by atoms with Gasteiger partial charge in [-0.15, -0.1) is 5.10 Å². The van der Waals surface area contributed by atoms with Gasteiger partial charge in [-0.1, -0.05) is 17.3 Å². The van der Waals surface area contributed by atoms with Gasteiger partial charge in [0.05, 0.1) is 19.3 Å². The summed E-state index contributed by atoms with van der Waals surface area (Å²) in [6.07, 6.45) is 3.54. The van der Waals surface area contributed by atoms with E-state index in [1.54, 1.807) is 6.20 Å². The number of rotatable bonds is 7. The lowest BCUT2D eigenvalue weighted by Gasteiger charge is -2.07. The van der Waals surface area contributed by atoms with Gasteiger partial charge in [-0.2, -0.15) is 0 Å². The monoisotopic (exact) mass is 246 g/mol. The molecule has 0 amide bonds. The highest BCUT2D eigenvalue weighted by molar-refractivity contribution is 5.28. The molecule has 0 aliphatic carbocycles. The highest BCUT2D eigenvalue weighted by Crippen LogP contribution is 2.12. The van der Waals surface area contributed by atoms with Gasteiger partial charge in [-0.05, 0) is 24.6 Å². The summed E-state index contributed by atoms with van der Waals surface area (Å²) >= 11 is 0. The summed E-state index contributed by atoms with van der Waals surface area (Å²) in [7, 11) is 0. The van der Waals surface area contributed by atoms with E-state index in [1.807, 2.05) is 29.9 Å². The predicted molar refractivity (Wildman–Crippen MR) is 69.3 cm³/mol. The van der Waals surface area contributed by atoms with Gasteiger partial charge in [-0.25, -0.2) is 0 Å². The van der Waals surface area contributed by atoms with Gasteiger partial charge >= 0.3 is 0 Å². The standard InChI is InChI=1S/C13H18N4O/c1-2-18-13-5-3-4-12(10-13)11-14-6-8-17-9-7-15-16-17/h3-5,7,9-10,14H,2,6,8,11H2,1H3. The molecule has 0 unspecified atom stereocenters. The predicted octanol–water partition coefficient (Wildman–Crippen LogP) is 1.47. The van der Waals surface area contributed by atoms with Crippen molar-refractivity contribution >= 4 is 0 Å². The van der Waals surface area contributed by atoms with E-state index in [-0.39, 0.29) is 0 Å². The highest BCUT2D eigenvalue weighted by atomic mass is 16.5. The van der Waals surface area contributed by atoms with Crippen molar-refractivity contribution in [3.05, 3.63) is 42.2 Å². The van der Waals surface area contributed by atoms with Crippen LogP contribution in [0.15, 0.2) is 36.7 Å². The Morgan fingerprint density at radius 3 is 3.11 bits per heavy atom. The maximum atomic E-state index is 5.46. The van der Waals surface area contributed by atoms with E-state index in [0.717, 1.165) is 25.4 Å². The molecule has 1 aromatic carbocycles. The Morgan fingerprint density at radius 2 is 2.33 bits per heavy atom. The quantitative estimate of drug-likeness (QED) is 0.752. The van der Waals surface area contributed by atoms with Crippen LogP contribution in [0.4, 0.5) is 0 Å². The Kier molecular flexibility index (Phi) is 4.72. The molecule has 0 aliphatic rings. The first-order chi connectivity index (χ1) is 8.88. The maximum absolute atomic E-state index is 5.46. The van der Waals surface area contributed by atoms with E-state index in [4.69, 9.17) is 4.74 Å². The summed E-state index contributed by atoms with van der Waals surface area (Å²) in [4.78, 5) is 0. The summed E-state index contributed by atoms with van der Waals surface area (Å²) < 4.78 is 7.27. The number of hydrogen-bond acceptors (Lipinski definition) is 4. The molecule has 5 heteroatoms. The fourth-order valence-corrected chi connectivity index (χ4v) is 1.69. The van der Waals surface area contributed by atoms with E-state index in [1.165, 1.54) is 5.56 Å². The van der Waals surface area contributed by atoms with Crippen LogP contribution < -0.4 is 10.1 Å². The molecule has 0 spiro atoms. The number of nitrogens with zero attached hydrogens (tertiary/aromatic N) is 3. The number of benzene rings is 1. The number of aromatic nitrogens is 3. The molecule has 0 bridgehead atoms. The zero-order chi connectivity index (χ0) is 12.6. The second kappa shape index (κ2) is 6.76. The fraction of sp³-hybridized carbons (Fsp3) is 0.385. The molecular weight excluding hydrogens is 228 g/mol. The first-order valence-electron chi connectivity index (χ1n) is 6.15. The van der Waals surface area contributed by atoms with E-state index in [0.29, 0.717) is 6.61 Å². The molecule has 96 valence electrons. The Labute approximate surface area is 107 Å². The molecule has 0 saturated carbocycles. The molecule has 0 saturated heterocycles. The minimum Gasteiger partial charge on any atom is -0.494 e. The number of hydrogen-bond donors (Lipinski definition) is 1. The average Bonchev–Trinajstić information content (AvgIpc) is 2.89. The van der Waals surface area contributed by atoms with Gasteiger partial charge in [0, 0.05) is 19.3 Å². The Morgan fingerprint density at radius 1 is 1.39 bits per heavy atom. The van der Waals surface area contributed by atoms with Crippen molar-refractivity contribution in [2.45, 2.75) is 20.0 Å². The van der Waals surface area contributed by atoms with Crippen molar-refractivity contribution in [1.82, 2.24) is 20.3 Å². The first-order valence-corrected chi connectivity index (χ1v) is 6.15. The second-order valence-corrected chi connectivity index (χ2v) is 3.92. The molecule has 5 nitrogen and oxygen atoms in total. The lowest BCUT2D eigenvalue weighted by Crippen LogP contribution is -2.19. The van der Waals surface area contributed by atoms with Crippen LogP contribution in [0.3, 0.4) is 0 Å². The van der Waals surface area contributed by atoms with Gasteiger partial charge < -0.3 is 10.1 Å². The Balaban J connectivity index is 1.74. The van der Waals surface area contributed by atoms with Crippen LogP contribution in [0, 0.1) is 0 Å². The molecule has 2 aromatic rings. The van der Waals surface area contributed by atoms with E-state index >= 15 is 0 Å². The van der Waals surface area contributed by atoms with Crippen molar-refractivity contribution in [2.75, 3.05) is 13.2 Å². The average molecular weight is 246 g/mol. The van der Waals surface area contributed by atoms with Crippen molar-refractivity contribution in [3.63, 3.8) is 0 Å². The topological polar surface area (TPSA) is 52.0 Å². The molecule has 0 radical (unpaired) electrons. The highest BCUT2D eigenvalue weighted by Gasteiger charge is 1.96. The largest absolute Gasteiger partial charge is 0.494 e. The van der Waals surface area contributed by atoms with E-state index < -0.39 is 0 Å². The lowest BCUT2D eigenvalue weighted by atomic mass is 10.2. The molecule has 1 heterocycles. The van der Waals surface area contributed by atoms with E-state index in [2.05, 4.69) is 27.8 Å². The summed E-state index contributed by atoms with van der Waals surface area (Å²) in [5.41, 5.74) is 1.22. The zero-order valence-electron chi connectivity index (χ0n) is 10.5. The van der Waals surface area contributed by atoms with E-state index in [9.17, 15) is 0 Å². The fourth-order valence-electron chi connectivity index (χ4n) is 1.69. The third-order valence-corrected chi connectivity index (χ3v) is 2.53. The van der Waals surface area contributed by atoms with Crippen LogP contribution in [-0.4, -0.2) is 28.1 Å². The molecule has 0 aliphatic heterocycles.